The molecule has 6 rings (SSSR count). The van der Waals surface area contributed by atoms with Crippen molar-refractivity contribution in [3.8, 4) is 32.0 Å². The Bertz CT molecular complexity index is 2150. The van der Waals surface area contributed by atoms with Gasteiger partial charge in [-0.3, -0.25) is 14.4 Å². The van der Waals surface area contributed by atoms with Crippen molar-refractivity contribution in [1.82, 2.24) is 25.1 Å². The van der Waals surface area contributed by atoms with Gasteiger partial charge in [0.2, 0.25) is 17.7 Å². The molecular formula is C45H47N5O3S2. The first-order valence-corrected chi connectivity index (χ1v) is 20.5. The Morgan fingerprint density at radius 3 is 1.60 bits per heavy atom. The Hall–Kier alpha value is -5.45. The van der Waals surface area contributed by atoms with Gasteiger partial charge in [-0.05, 0) is 46.2 Å². The fourth-order valence-corrected chi connectivity index (χ4v) is 8.25. The van der Waals surface area contributed by atoms with Crippen LogP contribution in [0.15, 0.2) is 122 Å². The topological polar surface area (TPSA) is 95.5 Å². The van der Waals surface area contributed by atoms with Gasteiger partial charge in [-0.15, -0.1) is 22.7 Å². The molecule has 0 saturated heterocycles. The fraction of sp³-hybridized carbons (Fsp3) is 0.267. The van der Waals surface area contributed by atoms with Crippen molar-refractivity contribution in [1.29, 1.82) is 0 Å². The van der Waals surface area contributed by atoms with Crippen molar-refractivity contribution in [3.63, 3.8) is 0 Å². The lowest BCUT2D eigenvalue weighted by Gasteiger charge is -2.27. The number of benzene rings is 4. The van der Waals surface area contributed by atoms with E-state index in [2.05, 4.69) is 65.8 Å². The second kappa shape index (κ2) is 19.2. The number of amides is 3. The van der Waals surface area contributed by atoms with Crippen LogP contribution in [0.3, 0.4) is 0 Å². The van der Waals surface area contributed by atoms with Gasteiger partial charge in [-0.2, -0.15) is 0 Å². The van der Waals surface area contributed by atoms with Gasteiger partial charge in [0.25, 0.3) is 0 Å². The molecule has 10 heteroatoms. The summed E-state index contributed by atoms with van der Waals surface area (Å²) in [6.07, 6.45) is 6.15. The van der Waals surface area contributed by atoms with Crippen LogP contribution in [0.4, 0.5) is 0 Å². The number of thiazole rings is 2. The Kier molecular flexibility index (Phi) is 13.7. The minimum Gasteiger partial charge on any atom is -0.341 e. The molecule has 282 valence electrons. The summed E-state index contributed by atoms with van der Waals surface area (Å²) in [5.41, 5.74) is 6.17. The Balaban J connectivity index is 1.09. The molecule has 0 spiro atoms. The van der Waals surface area contributed by atoms with E-state index in [1.54, 1.807) is 34.5 Å². The third-order valence-electron chi connectivity index (χ3n) is 9.29. The summed E-state index contributed by atoms with van der Waals surface area (Å²) in [5.74, 6) is -0.181. The van der Waals surface area contributed by atoms with Gasteiger partial charge in [0, 0.05) is 31.9 Å². The highest BCUT2D eigenvalue weighted by atomic mass is 32.1. The average Bonchev–Trinajstić information content (AvgIpc) is 3.90. The van der Waals surface area contributed by atoms with Crippen LogP contribution >= 0.6 is 22.7 Å². The predicted molar refractivity (Wildman–Crippen MR) is 223 cm³/mol. The lowest BCUT2D eigenvalue weighted by Crippen LogP contribution is -2.42. The molecular weight excluding hydrogens is 723 g/mol. The molecule has 0 bridgehead atoms. The third-order valence-corrected chi connectivity index (χ3v) is 11.3. The van der Waals surface area contributed by atoms with Crippen molar-refractivity contribution >= 4 is 40.4 Å². The first-order chi connectivity index (χ1) is 26.8. The molecule has 8 nitrogen and oxygen atoms in total. The summed E-state index contributed by atoms with van der Waals surface area (Å²) in [7, 11) is 0. The number of carbonyl (C=O) groups excluding carboxylic acids is 3. The molecule has 0 aliphatic heterocycles. The SMILES string of the molecule is CCCN(Cc1ncc(-c2ccc(-c3ccc(-c4cnc(CN(CCC)C(=O)[C@@H](NC(=O)CC)c5ccccc5)s4)cc3)cc2)s1)C(=O)Cc1ccccc1. The zero-order valence-corrected chi connectivity index (χ0v) is 33.2. The summed E-state index contributed by atoms with van der Waals surface area (Å²) in [5, 5.41) is 4.70. The van der Waals surface area contributed by atoms with Crippen molar-refractivity contribution in [2.45, 2.75) is 65.6 Å². The third kappa shape index (κ3) is 10.4. The highest BCUT2D eigenvalue weighted by Gasteiger charge is 2.27. The van der Waals surface area contributed by atoms with Crippen LogP contribution < -0.4 is 5.32 Å². The van der Waals surface area contributed by atoms with E-state index in [4.69, 9.17) is 4.98 Å². The van der Waals surface area contributed by atoms with Crippen molar-refractivity contribution in [2.24, 2.45) is 0 Å². The molecule has 0 saturated carbocycles. The summed E-state index contributed by atoms with van der Waals surface area (Å²) in [4.78, 5) is 54.5. The Morgan fingerprint density at radius 2 is 1.09 bits per heavy atom. The molecule has 2 heterocycles. The second-order valence-corrected chi connectivity index (χ2v) is 15.6. The van der Waals surface area contributed by atoms with E-state index in [-0.39, 0.29) is 17.7 Å². The maximum Gasteiger partial charge on any atom is 0.250 e. The fourth-order valence-electron chi connectivity index (χ4n) is 6.37. The minimum atomic E-state index is -0.746. The Morgan fingerprint density at radius 1 is 0.618 bits per heavy atom. The number of rotatable bonds is 17. The van der Waals surface area contributed by atoms with E-state index >= 15 is 0 Å². The number of nitrogens with zero attached hydrogens (tertiary/aromatic N) is 4. The smallest absolute Gasteiger partial charge is 0.250 e. The van der Waals surface area contributed by atoms with E-state index in [1.165, 1.54) is 0 Å². The molecule has 55 heavy (non-hydrogen) atoms. The summed E-state index contributed by atoms with van der Waals surface area (Å²) < 4.78 is 0. The normalized spacial score (nSPS) is 11.5. The van der Waals surface area contributed by atoms with Gasteiger partial charge in [0.1, 0.15) is 16.1 Å². The van der Waals surface area contributed by atoms with Crippen molar-refractivity contribution < 1.29 is 14.4 Å². The summed E-state index contributed by atoms with van der Waals surface area (Å²) >= 11 is 3.21. The monoisotopic (exact) mass is 769 g/mol. The first-order valence-electron chi connectivity index (χ1n) is 18.9. The molecule has 0 fully saturated rings. The molecule has 2 aromatic heterocycles. The van der Waals surface area contributed by atoms with Crippen LogP contribution in [-0.2, 0) is 33.9 Å². The Labute approximate surface area is 331 Å². The van der Waals surface area contributed by atoms with Gasteiger partial charge in [0.05, 0.1) is 29.3 Å². The van der Waals surface area contributed by atoms with Crippen molar-refractivity contribution in [2.75, 3.05) is 13.1 Å². The van der Waals surface area contributed by atoms with Gasteiger partial charge >= 0.3 is 0 Å². The van der Waals surface area contributed by atoms with Crippen LogP contribution in [0.2, 0.25) is 0 Å². The molecule has 1 N–H and O–H groups in total. The number of hydrogen-bond acceptors (Lipinski definition) is 7. The molecule has 6 aromatic rings. The van der Waals surface area contributed by atoms with Crippen LogP contribution in [0.5, 0.6) is 0 Å². The highest BCUT2D eigenvalue weighted by molar-refractivity contribution is 7.15. The van der Waals surface area contributed by atoms with Crippen LogP contribution in [0, 0.1) is 0 Å². The van der Waals surface area contributed by atoms with Crippen LogP contribution in [0.1, 0.15) is 67.2 Å². The molecule has 1 atom stereocenters. The highest BCUT2D eigenvalue weighted by Crippen LogP contribution is 2.32. The lowest BCUT2D eigenvalue weighted by atomic mass is 10.0. The lowest BCUT2D eigenvalue weighted by molar-refractivity contribution is -0.137. The van der Waals surface area contributed by atoms with Crippen molar-refractivity contribution in [3.05, 3.63) is 143 Å². The van der Waals surface area contributed by atoms with Gasteiger partial charge in [-0.1, -0.05) is 130 Å². The quantitative estimate of drug-likeness (QED) is 0.0998. The zero-order valence-electron chi connectivity index (χ0n) is 31.6. The molecule has 0 unspecified atom stereocenters. The molecule has 0 aliphatic rings. The predicted octanol–water partition coefficient (Wildman–Crippen LogP) is 9.59. The average molecular weight is 770 g/mol. The summed E-state index contributed by atoms with van der Waals surface area (Å²) in [6.45, 7) is 8.07. The van der Waals surface area contributed by atoms with E-state index in [1.807, 2.05) is 84.9 Å². The number of aromatic nitrogens is 2. The standard InChI is InChI=1S/C45H47N5O3S2/c1-4-25-49(43(52)27-32-13-9-7-10-14-32)30-41-46-28-38(54-41)35-21-17-33(18-22-35)34-19-23-36(24-20-34)39-29-47-42(55-39)31-50(26-5-2)45(53)44(48-40(51)6-3)37-15-11-8-12-16-37/h7-24,28-29,44H,4-6,25-27,30-31H2,1-3H3,(H,48,51)/t44-/m0/s1. The van der Waals surface area contributed by atoms with E-state index in [0.29, 0.717) is 39.0 Å². The van der Waals surface area contributed by atoms with E-state index in [0.717, 1.165) is 66.0 Å². The van der Waals surface area contributed by atoms with Gasteiger partial charge in [0.15, 0.2) is 0 Å². The van der Waals surface area contributed by atoms with E-state index in [9.17, 15) is 14.4 Å². The van der Waals surface area contributed by atoms with E-state index < -0.39 is 6.04 Å². The number of carbonyl (C=O) groups is 3. The maximum atomic E-state index is 13.8. The van der Waals surface area contributed by atoms with Gasteiger partial charge in [-0.25, -0.2) is 9.97 Å². The molecule has 0 aliphatic carbocycles. The first kappa shape index (κ1) is 39.2. The second-order valence-electron chi connectivity index (χ2n) is 13.4. The minimum absolute atomic E-state index is 0.119. The molecule has 0 radical (unpaired) electrons. The maximum absolute atomic E-state index is 13.8. The molecule has 3 amide bonds. The molecule has 4 aromatic carbocycles. The zero-order chi connectivity index (χ0) is 38.6. The van der Waals surface area contributed by atoms with Gasteiger partial charge < -0.3 is 15.1 Å². The van der Waals surface area contributed by atoms with Crippen LogP contribution in [0.25, 0.3) is 32.0 Å². The number of nitrogens with one attached hydrogen (secondary N) is 1. The van der Waals surface area contributed by atoms with Crippen LogP contribution in [-0.4, -0.2) is 50.6 Å². The number of hydrogen-bond donors (Lipinski definition) is 1. The summed E-state index contributed by atoms with van der Waals surface area (Å²) in [6, 6.07) is 35.5. The largest absolute Gasteiger partial charge is 0.341 e.